The summed E-state index contributed by atoms with van der Waals surface area (Å²) in [4.78, 5) is 14.9. The lowest BCUT2D eigenvalue weighted by molar-refractivity contribution is 0.0520. The van der Waals surface area contributed by atoms with E-state index >= 15 is 0 Å². The Bertz CT molecular complexity index is 802. The second kappa shape index (κ2) is 5.26. The zero-order valence-electron chi connectivity index (χ0n) is 11.7. The van der Waals surface area contributed by atoms with Crippen molar-refractivity contribution in [2.75, 3.05) is 6.61 Å². The van der Waals surface area contributed by atoms with Gasteiger partial charge in [-0.1, -0.05) is 11.6 Å². The van der Waals surface area contributed by atoms with E-state index in [1.165, 1.54) is 0 Å². The quantitative estimate of drug-likeness (QED) is 0.753. The van der Waals surface area contributed by atoms with E-state index in [0.29, 0.717) is 17.3 Å². The molecule has 5 nitrogen and oxygen atoms in total. The monoisotopic (exact) mass is 303 g/mol. The van der Waals surface area contributed by atoms with Gasteiger partial charge in [0.05, 0.1) is 18.0 Å². The Labute approximate surface area is 126 Å². The number of nitrogens with one attached hydrogen (secondary N) is 1. The van der Waals surface area contributed by atoms with Gasteiger partial charge >= 0.3 is 5.97 Å². The Hall–Kier alpha value is -2.27. The standard InChI is InChI=1S/C15H14ClN3O2/c1-3-21-15(20)13-8-12-9(2)18-19(14(12)17-13)11-6-4-10(16)5-7-11/h4-8,17H,3H2,1-2H3. The lowest BCUT2D eigenvalue weighted by Crippen LogP contribution is -2.05. The molecule has 21 heavy (non-hydrogen) atoms. The minimum Gasteiger partial charge on any atom is -0.461 e. The van der Waals surface area contributed by atoms with Gasteiger partial charge in [-0.15, -0.1) is 0 Å². The highest BCUT2D eigenvalue weighted by Crippen LogP contribution is 2.23. The maximum atomic E-state index is 11.8. The fourth-order valence-electron chi connectivity index (χ4n) is 2.23. The number of nitrogens with zero attached hydrogens (tertiary/aromatic N) is 2. The van der Waals surface area contributed by atoms with E-state index in [1.54, 1.807) is 29.8 Å². The van der Waals surface area contributed by atoms with Crippen molar-refractivity contribution in [2.24, 2.45) is 0 Å². The number of rotatable bonds is 3. The van der Waals surface area contributed by atoms with Gasteiger partial charge in [0.1, 0.15) is 11.3 Å². The van der Waals surface area contributed by atoms with Crippen LogP contribution in [0.2, 0.25) is 5.02 Å². The molecule has 0 amide bonds. The highest BCUT2D eigenvalue weighted by molar-refractivity contribution is 6.30. The van der Waals surface area contributed by atoms with Crippen molar-refractivity contribution < 1.29 is 9.53 Å². The number of fused-ring (bicyclic) bond motifs is 1. The van der Waals surface area contributed by atoms with E-state index in [-0.39, 0.29) is 5.97 Å². The van der Waals surface area contributed by atoms with Gasteiger partial charge in [-0.2, -0.15) is 5.10 Å². The summed E-state index contributed by atoms with van der Waals surface area (Å²) in [6.07, 6.45) is 0. The number of ether oxygens (including phenoxy) is 1. The van der Waals surface area contributed by atoms with Crippen molar-refractivity contribution in [3.63, 3.8) is 0 Å². The molecule has 0 unspecified atom stereocenters. The van der Waals surface area contributed by atoms with Gasteiger partial charge in [0.2, 0.25) is 0 Å². The third kappa shape index (κ3) is 2.40. The van der Waals surface area contributed by atoms with E-state index in [1.807, 2.05) is 19.1 Å². The topological polar surface area (TPSA) is 59.9 Å². The molecule has 1 N–H and O–H groups in total. The van der Waals surface area contributed by atoms with Crippen LogP contribution in [-0.2, 0) is 4.74 Å². The van der Waals surface area contributed by atoms with Crippen molar-refractivity contribution in [3.05, 3.63) is 46.7 Å². The molecule has 0 aliphatic rings. The Kier molecular flexibility index (Phi) is 3.43. The van der Waals surface area contributed by atoms with Crippen molar-refractivity contribution in [2.45, 2.75) is 13.8 Å². The number of H-pyrrole nitrogens is 1. The lowest BCUT2D eigenvalue weighted by Gasteiger charge is -2.02. The van der Waals surface area contributed by atoms with Gasteiger partial charge in [-0.3, -0.25) is 0 Å². The number of benzene rings is 1. The fraction of sp³-hybridized carbons (Fsp3) is 0.200. The molecule has 0 bridgehead atoms. The highest BCUT2D eigenvalue weighted by atomic mass is 35.5. The zero-order valence-corrected chi connectivity index (χ0v) is 12.4. The normalized spacial score (nSPS) is 11.0. The molecule has 2 heterocycles. The number of esters is 1. The highest BCUT2D eigenvalue weighted by Gasteiger charge is 2.16. The molecule has 0 saturated heterocycles. The molecule has 3 aromatic rings. The van der Waals surface area contributed by atoms with Crippen LogP contribution < -0.4 is 0 Å². The first-order valence-electron chi connectivity index (χ1n) is 6.61. The summed E-state index contributed by atoms with van der Waals surface area (Å²) in [5, 5.41) is 6.05. The minimum atomic E-state index is -0.365. The molecule has 3 rings (SSSR count). The lowest BCUT2D eigenvalue weighted by atomic mass is 10.3. The summed E-state index contributed by atoms with van der Waals surface area (Å²) < 4.78 is 6.76. The Morgan fingerprint density at radius 1 is 1.38 bits per heavy atom. The summed E-state index contributed by atoms with van der Waals surface area (Å²) in [5.41, 5.74) is 2.90. The molecule has 0 aliphatic heterocycles. The van der Waals surface area contributed by atoms with Crippen LogP contribution in [0, 0.1) is 6.92 Å². The number of hydrogen-bond acceptors (Lipinski definition) is 3. The SMILES string of the molecule is CCOC(=O)c1cc2c(C)nn(-c3ccc(Cl)cc3)c2[nH]1. The maximum Gasteiger partial charge on any atom is 0.354 e. The number of hydrogen-bond donors (Lipinski definition) is 1. The molecule has 0 radical (unpaired) electrons. The molecule has 6 heteroatoms. The Balaban J connectivity index is 2.11. The first-order chi connectivity index (χ1) is 10.1. The molecule has 0 spiro atoms. The summed E-state index contributed by atoms with van der Waals surface area (Å²) in [6.45, 7) is 4.02. The molecule has 0 saturated carbocycles. The molecule has 108 valence electrons. The number of aryl methyl sites for hydroxylation is 1. The van der Waals surface area contributed by atoms with Gasteiger partial charge < -0.3 is 9.72 Å². The van der Waals surface area contributed by atoms with Crippen molar-refractivity contribution in [1.29, 1.82) is 0 Å². The first kappa shape index (κ1) is 13.7. The van der Waals surface area contributed by atoms with Crippen molar-refractivity contribution >= 4 is 28.6 Å². The molecular weight excluding hydrogens is 290 g/mol. The average molecular weight is 304 g/mol. The van der Waals surface area contributed by atoms with Gasteiger partial charge in [0.15, 0.2) is 0 Å². The van der Waals surface area contributed by atoms with E-state index < -0.39 is 0 Å². The Morgan fingerprint density at radius 3 is 2.76 bits per heavy atom. The van der Waals surface area contributed by atoms with Crippen LogP contribution in [-0.4, -0.2) is 27.3 Å². The van der Waals surface area contributed by atoms with Gasteiger partial charge in [0.25, 0.3) is 0 Å². The van der Waals surface area contributed by atoms with E-state index in [2.05, 4.69) is 10.1 Å². The largest absolute Gasteiger partial charge is 0.461 e. The number of carbonyl (C=O) groups excluding carboxylic acids is 1. The van der Waals surface area contributed by atoms with Crippen LogP contribution in [0.3, 0.4) is 0 Å². The van der Waals surface area contributed by atoms with Crippen molar-refractivity contribution in [1.82, 2.24) is 14.8 Å². The fourth-order valence-corrected chi connectivity index (χ4v) is 2.35. The number of aromatic amines is 1. The third-order valence-corrected chi connectivity index (χ3v) is 3.47. The summed E-state index contributed by atoms with van der Waals surface area (Å²) in [7, 11) is 0. The zero-order chi connectivity index (χ0) is 15.0. The van der Waals surface area contributed by atoms with E-state index in [0.717, 1.165) is 22.4 Å². The smallest absolute Gasteiger partial charge is 0.354 e. The van der Waals surface area contributed by atoms with Gasteiger partial charge in [-0.25, -0.2) is 9.48 Å². The second-order valence-corrected chi connectivity index (χ2v) is 5.08. The van der Waals surface area contributed by atoms with E-state index in [4.69, 9.17) is 16.3 Å². The van der Waals surface area contributed by atoms with Crippen LogP contribution in [0.1, 0.15) is 23.1 Å². The predicted molar refractivity (Wildman–Crippen MR) is 81.1 cm³/mol. The first-order valence-corrected chi connectivity index (χ1v) is 6.99. The molecule has 0 aliphatic carbocycles. The number of carbonyl (C=O) groups is 1. The Morgan fingerprint density at radius 2 is 2.10 bits per heavy atom. The van der Waals surface area contributed by atoms with Crippen LogP contribution in [0.5, 0.6) is 0 Å². The third-order valence-electron chi connectivity index (χ3n) is 3.21. The molecule has 2 aromatic heterocycles. The van der Waals surface area contributed by atoms with Crippen molar-refractivity contribution in [3.8, 4) is 5.69 Å². The molecule has 0 fully saturated rings. The molecule has 0 atom stereocenters. The van der Waals surface area contributed by atoms with Gasteiger partial charge in [-0.05, 0) is 44.2 Å². The van der Waals surface area contributed by atoms with E-state index in [9.17, 15) is 4.79 Å². The summed E-state index contributed by atoms with van der Waals surface area (Å²) in [6, 6.07) is 9.12. The number of halogens is 1. The molecule has 1 aromatic carbocycles. The molecular formula is C15H14ClN3O2. The second-order valence-electron chi connectivity index (χ2n) is 4.64. The summed E-state index contributed by atoms with van der Waals surface area (Å²) >= 11 is 5.90. The maximum absolute atomic E-state index is 11.8. The van der Waals surface area contributed by atoms with Crippen LogP contribution in [0.25, 0.3) is 16.7 Å². The average Bonchev–Trinajstić information content (AvgIpc) is 3.01. The minimum absolute atomic E-state index is 0.344. The van der Waals surface area contributed by atoms with Gasteiger partial charge in [0, 0.05) is 10.4 Å². The van der Waals surface area contributed by atoms with Crippen LogP contribution >= 0.6 is 11.6 Å². The van der Waals surface area contributed by atoms with Crippen LogP contribution in [0.4, 0.5) is 0 Å². The predicted octanol–water partition coefficient (Wildman–Crippen LogP) is 3.49. The summed E-state index contributed by atoms with van der Waals surface area (Å²) in [5.74, 6) is -0.365. The number of aromatic nitrogens is 3. The van der Waals surface area contributed by atoms with Crippen LogP contribution in [0.15, 0.2) is 30.3 Å².